The van der Waals surface area contributed by atoms with Crippen molar-refractivity contribution < 1.29 is 4.79 Å². The molecule has 0 atom stereocenters. The maximum absolute atomic E-state index is 12.7. The van der Waals surface area contributed by atoms with Crippen LogP contribution in [0.4, 0.5) is 0 Å². The third-order valence-electron chi connectivity index (χ3n) is 3.35. The lowest BCUT2D eigenvalue weighted by Gasteiger charge is -2.14. The summed E-state index contributed by atoms with van der Waals surface area (Å²) in [6.45, 7) is 0. The van der Waals surface area contributed by atoms with E-state index in [1.54, 1.807) is 0 Å². The second-order valence-electron chi connectivity index (χ2n) is 5.97. The first-order valence-corrected chi connectivity index (χ1v) is 6.80. The Bertz CT molecular complexity index is 349. The van der Waals surface area contributed by atoms with Gasteiger partial charge in [-0.25, -0.2) is 0 Å². The summed E-state index contributed by atoms with van der Waals surface area (Å²) >= 11 is 0. The molecule has 0 aromatic carbocycles. The highest BCUT2D eigenvalue weighted by Crippen LogP contribution is 2.43. The van der Waals surface area contributed by atoms with Crippen molar-refractivity contribution in [1.82, 2.24) is 9.80 Å². The molecule has 0 saturated heterocycles. The van der Waals surface area contributed by atoms with Gasteiger partial charge in [0.05, 0.1) is 0 Å². The van der Waals surface area contributed by atoms with Gasteiger partial charge in [0.15, 0.2) is 5.78 Å². The average Bonchev–Trinajstić information content (AvgIpc) is 3.14. The average molecular weight is 248 g/mol. The van der Waals surface area contributed by atoms with Gasteiger partial charge in [-0.1, -0.05) is 0 Å². The van der Waals surface area contributed by atoms with Crippen molar-refractivity contribution in [2.75, 3.05) is 28.2 Å². The van der Waals surface area contributed by atoms with Crippen molar-refractivity contribution in [1.29, 1.82) is 0 Å². The Balaban J connectivity index is 2.20. The molecule has 18 heavy (non-hydrogen) atoms. The van der Waals surface area contributed by atoms with E-state index in [1.165, 1.54) is 25.7 Å². The number of allylic oxidation sites excluding steroid dienone is 2. The molecule has 0 aromatic rings. The Morgan fingerprint density at radius 3 is 1.39 bits per heavy atom. The van der Waals surface area contributed by atoms with E-state index in [4.69, 9.17) is 0 Å². The first-order chi connectivity index (χ1) is 8.49. The Morgan fingerprint density at radius 1 is 0.833 bits per heavy atom. The van der Waals surface area contributed by atoms with E-state index in [0.29, 0.717) is 11.8 Å². The second kappa shape index (κ2) is 5.17. The van der Waals surface area contributed by atoms with Crippen molar-refractivity contribution >= 4 is 5.78 Å². The smallest absolute Gasteiger partial charge is 0.188 e. The third-order valence-corrected chi connectivity index (χ3v) is 3.35. The number of ketones is 1. The fourth-order valence-corrected chi connectivity index (χ4v) is 2.21. The van der Waals surface area contributed by atoms with E-state index in [1.807, 2.05) is 50.4 Å². The van der Waals surface area contributed by atoms with Crippen LogP contribution in [-0.4, -0.2) is 43.8 Å². The second-order valence-corrected chi connectivity index (χ2v) is 5.97. The summed E-state index contributed by atoms with van der Waals surface area (Å²) in [5.74, 6) is 1.29. The largest absolute Gasteiger partial charge is 0.383 e. The predicted molar refractivity (Wildman–Crippen MR) is 74.0 cm³/mol. The number of carbonyl (C=O) groups is 1. The normalized spacial score (nSPS) is 20.9. The molecule has 2 saturated carbocycles. The van der Waals surface area contributed by atoms with Crippen LogP contribution in [0, 0.1) is 11.8 Å². The minimum Gasteiger partial charge on any atom is -0.383 e. The first kappa shape index (κ1) is 13.2. The van der Waals surface area contributed by atoms with Crippen LogP contribution in [0.1, 0.15) is 25.7 Å². The molecule has 0 spiro atoms. The third kappa shape index (κ3) is 3.37. The van der Waals surface area contributed by atoms with Crippen LogP contribution < -0.4 is 0 Å². The quantitative estimate of drug-likeness (QED) is 0.674. The minimum atomic E-state index is 0.280. The molecule has 100 valence electrons. The van der Waals surface area contributed by atoms with Crippen molar-refractivity contribution in [3.8, 4) is 0 Å². The van der Waals surface area contributed by atoms with E-state index in [-0.39, 0.29) is 5.78 Å². The SMILES string of the molecule is CN(C)C=C(C(=O)C(=CN(C)C)C1CC1)C1CC1. The van der Waals surface area contributed by atoms with E-state index in [9.17, 15) is 4.79 Å². The van der Waals surface area contributed by atoms with Gasteiger partial charge in [0.2, 0.25) is 0 Å². The van der Waals surface area contributed by atoms with Crippen LogP contribution in [-0.2, 0) is 4.79 Å². The van der Waals surface area contributed by atoms with Crippen LogP contribution in [0.2, 0.25) is 0 Å². The first-order valence-electron chi connectivity index (χ1n) is 6.80. The highest BCUT2D eigenvalue weighted by Gasteiger charge is 2.37. The summed E-state index contributed by atoms with van der Waals surface area (Å²) in [6, 6.07) is 0. The van der Waals surface area contributed by atoms with Gasteiger partial charge in [-0.15, -0.1) is 0 Å². The van der Waals surface area contributed by atoms with E-state index < -0.39 is 0 Å². The van der Waals surface area contributed by atoms with Crippen LogP contribution in [0.3, 0.4) is 0 Å². The van der Waals surface area contributed by atoms with Crippen molar-refractivity contribution in [2.24, 2.45) is 11.8 Å². The van der Waals surface area contributed by atoms with Gasteiger partial charge in [-0.05, 0) is 37.5 Å². The summed E-state index contributed by atoms with van der Waals surface area (Å²) in [7, 11) is 7.95. The van der Waals surface area contributed by atoms with Crippen molar-refractivity contribution in [3.63, 3.8) is 0 Å². The highest BCUT2D eigenvalue weighted by atomic mass is 16.1. The summed E-state index contributed by atoms with van der Waals surface area (Å²) in [5.41, 5.74) is 2.03. The fraction of sp³-hybridized carbons (Fsp3) is 0.667. The number of Topliss-reactive ketones (excluding diaryl/α,β-unsaturated/α-hetero) is 1. The van der Waals surface area contributed by atoms with Gasteiger partial charge in [-0.2, -0.15) is 0 Å². The molecule has 0 heterocycles. The zero-order chi connectivity index (χ0) is 13.3. The zero-order valence-corrected chi connectivity index (χ0v) is 11.9. The highest BCUT2D eigenvalue weighted by molar-refractivity contribution is 6.09. The monoisotopic (exact) mass is 248 g/mol. The van der Waals surface area contributed by atoms with Gasteiger partial charge in [0.1, 0.15) is 0 Å². The molecule has 0 radical (unpaired) electrons. The molecule has 2 aliphatic rings. The lowest BCUT2D eigenvalue weighted by atomic mass is 9.97. The van der Waals surface area contributed by atoms with Crippen molar-refractivity contribution in [2.45, 2.75) is 25.7 Å². The molecule has 0 aliphatic heterocycles. The van der Waals surface area contributed by atoms with Gasteiger partial charge < -0.3 is 9.80 Å². The Labute approximate surface area is 110 Å². The molecular formula is C15H24N2O. The predicted octanol–water partition coefficient (Wildman–Crippen LogP) is 2.27. The molecule has 0 bridgehead atoms. The maximum atomic E-state index is 12.7. The van der Waals surface area contributed by atoms with Gasteiger partial charge >= 0.3 is 0 Å². The Kier molecular flexibility index (Phi) is 3.79. The number of rotatable bonds is 6. The van der Waals surface area contributed by atoms with Crippen LogP contribution in [0.25, 0.3) is 0 Å². The number of hydrogen-bond donors (Lipinski definition) is 0. The van der Waals surface area contributed by atoms with E-state index in [2.05, 4.69) is 0 Å². The molecule has 0 N–H and O–H groups in total. The van der Waals surface area contributed by atoms with Gasteiger partial charge in [0, 0.05) is 51.7 Å². The number of hydrogen-bond acceptors (Lipinski definition) is 3. The summed E-state index contributed by atoms with van der Waals surface area (Å²) < 4.78 is 0. The summed E-state index contributed by atoms with van der Waals surface area (Å²) in [6.07, 6.45) is 8.73. The van der Waals surface area contributed by atoms with Crippen LogP contribution in [0.15, 0.2) is 23.5 Å². The lowest BCUT2D eigenvalue weighted by molar-refractivity contribution is -0.112. The van der Waals surface area contributed by atoms with E-state index in [0.717, 1.165) is 11.1 Å². The molecule has 3 heteroatoms. The van der Waals surface area contributed by atoms with Crippen LogP contribution in [0.5, 0.6) is 0 Å². The zero-order valence-electron chi connectivity index (χ0n) is 11.9. The standard InChI is InChI=1S/C15H24N2O/c1-16(2)9-13(11-5-6-11)15(18)14(10-17(3)4)12-7-8-12/h9-12H,5-8H2,1-4H3. The molecule has 0 aromatic heterocycles. The number of nitrogens with zero attached hydrogens (tertiary/aromatic N) is 2. The summed E-state index contributed by atoms with van der Waals surface area (Å²) in [4.78, 5) is 16.7. The van der Waals surface area contributed by atoms with Gasteiger partial charge in [0.25, 0.3) is 0 Å². The van der Waals surface area contributed by atoms with Crippen LogP contribution >= 0.6 is 0 Å². The molecular weight excluding hydrogens is 224 g/mol. The molecule has 0 amide bonds. The van der Waals surface area contributed by atoms with Gasteiger partial charge in [-0.3, -0.25) is 4.79 Å². The minimum absolute atomic E-state index is 0.280. The molecule has 0 unspecified atom stereocenters. The van der Waals surface area contributed by atoms with E-state index >= 15 is 0 Å². The Hall–Kier alpha value is -1.25. The summed E-state index contributed by atoms with van der Waals surface area (Å²) in [5, 5.41) is 0. The molecule has 2 fully saturated rings. The van der Waals surface area contributed by atoms with Crippen molar-refractivity contribution in [3.05, 3.63) is 23.5 Å². The number of carbonyl (C=O) groups excluding carboxylic acids is 1. The maximum Gasteiger partial charge on any atom is 0.188 e. The fourth-order valence-electron chi connectivity index (χ4n) is 2.21. The lowest BCUT2D eigenvalue weighted by Crippen LogP contribution is -2.16. The molecule has 2 aliphatic carbocycles. The topological polar surface area (TPSA) is 23.6 Å². The molecule has 2 rings (SSSR count). The molecule has 3 nitrogen and oxygen atoms in total. The Morgan fingerprint density at radius 2 is 1.17 bits per heavy atom.